The lowest BCUT2D eigenvalue weighted by atomic mass is 10.1. The Balaban J connectivity index is 2.08. The molecule has 0 saturated carbocycles. The summed E-state index contributed by atoms with van der Waals surface area (Å²) >= 11 is 0. The second kappa shape index (κ2) is 5.64. The SMILES string of the molecule is CNc1ccc(S(=O)(=O)NC2CCOCC2)cn1. The maximum Gasteiger partial charge on any atom is 0.242 e. The summed E-state index contributed by atoms with van der Waals surface area (Å²) in [5.41, 5.74) is 0. The van der Waals surface area contributed by atoms with Crippen molar-refractivity contribution in [3.05, 3.63) is 18.3 Å². The van der Waals surface area contributed by atoms with E-state index in [1.165, 1.54) is 6.20 Å². The average molecular weight is 271 g/mol. The molecule has 1 aliphatic rings. The smallest absolute Gasteiger partial charge is 0.242 e. The van der Waals surface area contributed by atoms with E-state index in [-0.39, 0.29) is 10.9 Å². The Morgan fingerprint density at radius 1 is 1.33 bits per heavy atom. The van der Waals surface area contributed by atoms with Crippen LogP contribution in [0.5, 0.6) is 0 Å². The Morgan fingerprint density at radius 3 is 2.61 bits per heavy atom. The van der Waals surface area contributed by atoms with E-state index in [0.717, 1.165) is 0 Å². The third kappa shape index (κ3) is 3.18. The monoisotopic (exact) mass is 271 g/mol. The molecule has 0 amide bonds. The van der Waals surface area contributed by atoms with Crippen molar-refractivity contribution >= 4 is 15.8 Å². The van der Waals surface area contributed by atoms with E-state index in [0.29, 0.717) is 31.9 Å². The van der Waals surface area contributed by atoms with Crippen LogP contribution in [0.2, 0.25) is 0 Å². The maximum atomic E-state index is 12.1. The highest BCUT2D eigenvalue weighted by Crippen LogP contribution is 2.14. The molecular formula is C11H17N3O3S. The number of hydrogen-bond donors (Lipinski definition) is 2. The number of nitrogens with one attached hydrogen (secondary N) is 2. The van der Waals surface area contributed by atoms with E-state index in [9.17, 15) is 8.42 Å². The third-order valence-corrected chi connectivity index (χ3v) is 4.35. The van der Waals surface area contributed by atoms with Gasteiger partial charge in [-0.25, -0.2) is 18.1 Å². The standard InChI is InChI=1S/C11H17N3O3S/c1-12-11-3-2-10(8-13-11)18(15,16)14-9-4-6-17-7-5-9/h2-3,8-9,14H,4-7H2,1H3,(H,12,13). The summed E-state index contributed by atoms with van der Waals surface area (Å²) in [5.74, 6) is 0.639. The van der Waals surface area contributed by atoms with Crippen molar-refractivity contribution in [2.75, 3.05) is 25.6 Å². The first-order valence-corrected chi connectivity index (χ1v) is 7.34. The summed E-state index contributed by atoms with van der Waals surface area (Å²) in [6.07, 6.45) is 2.77. The molecule has 0 atom stereocenters. The zero-order valence-electron chi connectivity index (χ0n) is 10.2. The normalized spacial score (nSPS) is 17.6. The van der Waals surface area contributed by atoms with Crippen molar-refractivity contribution in [1.29, 1.82) is 0 Å². The van der Waals surface area contributed by atoms with Gasteiger partial charge in [0.25, 0.3) is 0 Å². The molecule has 18 heavy (non-hydrogen) atoms. The average Bonchev–Trinajstić information content (AvgIpc) is 2.39. The van der Waals surface area contributed by atoms with Gasteiger partial charge in [0.05, 0.1) is 0 Å². The Bertz CT molecular complexity index is 481. The minimum Gasteiger partial charge on any atom is -0.381 e. The first-order valence-electron chi connectivity index (χ1n) is 5.86. The number of aromatic nitrogens is 1. The van der Waals surface area contributed by atoms with Crippen LogP contribution in [0.25, 0.3) is 0 Å². The molecule has 0 unspecified atom stereocenters. The van der Waals surface area contributed by atoms with Gasteiger partial charge in [-0.05, 0) is 25.0 Å². The molecule has 0 aromatic carbocycles. The van der Waals surface area contributed by atoms with Crippen molar-refractivity contribution in [1.82, 2.24) is 9.71 Å². The van der Waals surface area contributed by atoms with Gasteiger partial charge in [-0.15, -0.1) is 0 Å². The van der Waals surface area contributed by atoms with Crippen LogP contribution in [0.1, 0.15) is 12.8 Å². The zero-order chi connectivity index (χ0) is 13.0. The van der Waals surface area contributed by atoms with Crippen LogP contribution in [-0.2, 0) is 14.8 Å². The molecule has 0 radical (unpaired) electrons. The molecule has 2 N–H and O–H groups in total. The predicted octanol–water partition coefficient (Wildman–Crippen LogP) is 0.581. The van der Waals surface area contributed by atoms with Crippen LogP contribution in [0.15, 0.2) is 23.2 Å². The molecule has 2 rings (SSSR count). The highest BCUT2D eigenvalue weighted by Gasteiger charge is 2.22. The molecule has 7 heteroatoms. The maximum absolute atomic E-state index is 12.1. The van der Waals surface area contributed by atoms with Crippen molar-refractivity contribution in [2.24, 2.45) is 0 Å². The number of hydrogen-bond acceptors (Lipinski definition) is 5. The molecule has 1 aromatic rings. The van der Waals surface area contributed by atoms with E-state index in [2.05, 4.69) is 15.0 Å². The lowest BCUT2D eigenvalue weighted by Gasteiger charge is -2.22. The van der Waals surface area contributed by atoms with E-state index in [1.54, 1.807) is 19.2 Å². The van der Waals surface area contributed by atoms with E-state index in [1.807, 2.05) is 0 Å². The van der Waals surface area contributed by atoms with Crippen LogP contribution in [0.4, 0.5) is 5.82 Å². The van der Waals surface area contributed by atoms with Crippen molar-refractivity contribution in [3.8, 4) is 0 Å². The molecule has 0 spiro atoms. The Morgan fingerprint density at radius 2 is 2.06 bits per heavy atom. The number of pyridine rings is 1. The Hall–Kier alpha value is -1.18. The van der Waals surface area contributed by atoms with Gasteiger partial charge in [0, 0.05) is 32.5 Å². The number of anilines is 1. The van der Waals surface area contributed by atoms with Gasteiger partial charge in [-0.2, -0.15) is 0 Å². The highest BCUT2D eigenvalue weighted by molar-refractivity contribution is 7.89. The van der Waals surface area contributed by atoms with Crippen LogP contribution in [-0.4, -0.2) is 39.7 Å². The van der Waals surface area contributed by atoms with E-state index < -0.39 is 10.0 Å². The van der Waals surface area contributed by atoms with Gasteiger partial charge in [-0.1, -0.05) is 0 Å². The molecule has 1 aliphatic heterocycles. The van der Waals surface area contributed by atoms with Crippen molar-refractivity contribution < 1.29 is 13.2 Å². The molecule has 1 fully saturated rings. The fraction of sp³-hybridized carbons (Fsp3) is 0.545. The molecule has 0 bridgehead atoms. The second-order valence-corrected chi connectivity index (χ2v) is 5.85. The van der Waals surface area contributed by atoms with Gasteiger partial charge in [0.2, 0.25) is 10.0 Å². The number of nitrogens with zero attached hydrogens (tertiary/aromatic N) is 1. The first kappa shape index (κ1) is 13.3. The molecule has 1 aromatic heterocycles. The zero-order valence-corrected chi connectivity index (χ0v) is 11.0. The lowest BCUT2D eigenvalue weighted by Crippen LogP contribution is -2.38. The van der Waals surface area contributed by atoms with E-state index in [4.69, 9.17) is 4.74 Å². The number of sulfonamides is 1. The molecule has 100 valence electrons. The third-order valence-electron chi connectivity index (χ3n) is 2.85. The summed E-state index contributed by atoms with van der Waals surface area (Å²) in [6.45, 7) is 1.20. The largest absolute Gasteiger partial charge is 0.381 e. The minimum atomic E-state index is -3.48. The van der Waals surface area contributed by atoms with Gasteiger partial charge >= 0.3 is 0 Å². The Kier molecular flexibility index (Phi) is 4.15. The molecule has 6 nitrogen and oxygen atoms in total. The topological polar surface area (TPSA) is 80.3 Å². The molecular weight excluding hydrogens is 254 g/mol. The van der Waals surface area contributed by atoms with Crippen LogP contribution in [0.3, 0.4) is 0 Å². The Labute approximate surface area is 107 Å². The van der Waals surface area contributed by atoms with Crippen molar-refractivity contribution in [2.45, 2.75) is 23.8 Å². The quantitative estimate of drug-likeness (QED) is 0.837. The summed E-state index contributed by atoms with van der Waals surface area (Å²) in [5, 5.41) is 2.84. The van der Waals surface area contributed by atoms with Gasteiger partial charge in [-0.3, -0.25) is 0 Å². The van der Waals surface area contributed by atoms with Crippen molar-refractivity contribution in [3.63, 3.8) is 0 Å². The number of rotatable bonds is 4. The van der Waals surface area contributed by atoms with E-state index >= 15 is 0 Å². The van der Waals surface area contributed by atoms with Crippen LogP contribution < -0.4 is 10.0 Å². The van der Waals surface area contributed by atoms with Crippen LogP contribution >= 0.6 is 0 Å². The van der Waals surface area contributed by atoms with Crippen LogP contribution in [0, 0.1) is 0 Å². The van der Waals surface area contributed by atoms with Gasteiger partial charge in [0.1, 0.15) is 10.7 Å². The summed E-state index contributed by atoms with van der Waals surface area (Å²) in [7, 11) is -1.75. The molecule has 2 heterocycles. The number of ether oxygens (including phenoxy) is 1. The lowest BCUT2D eigenvalue weighted by molar-refractivity contribution is 0.0832. The summed E-state index contributed by atoms with van der Waals surface area (Å²) in [6, 6.07) is 3.13. The minimum absolute atomic E-state index is 0.0484. The van der Waals surface area contributed by atoms with Gasteiger partial charge in [0.15, 0.2) is 0 Å². The first-order chi connectivity index (χ1) is 8.62. The molecule has 0 aliphatic carbocycles. The molecule has 1 saturated heterocycles. The summed E-state index contributed by atoms with van der Waals surface area (Å²) < 4.78 is 32.1. The highest BCUT2D eigenvalue weighted by atomic mass is 32.2. The summed E-state index contributed by atoms with van der Waals surface area (Å²) in [4.78, 5) is 4.19. The fourth-order valence-corrected chi connectivity index (χ4v) is 3.04. The van der Waals surface area contributed by atoms with Gasteiger partial charge < -0.3 is 10.1 Å². The fourth-order valence-electron chi connectivity index (χ4n) is 1.79. The second-order valence-electron chi connectivity index (χ2n) is 4.14. The predicted molar refractivity (Wildman–Crippen MR) is 67.9 cm³/mol.